The highest BCUT2D eigenvalue weighted by Crippen LogP contribution is 2.20. The van der Waals surface area contributed by atoms with Gasteiger partial charge < -0.3 is 15.2 Å². The second-order valence-corrected chi connectivity index (χ2v) is 6.93. The van der Waals surface area contributed by atoms with Gasteiger partial charge in [0.2, 0.25) is 11.9 Å². The maximum Gasteiger partial charge on any atom is 0.222 e. The maximum absolute atomic E-state index is 12.4. The first-order valence-electron chi connectivity index (χ1n) is 9.83. The molecule has 0 aliphatic carbocycles. The van der Waals surface area contributed by atoms with Crippen molar-refractivity contribution in [2.24, 2.45) is 0 Å². The van der Waals surface area contributed by atoms with Gasteiger partial charge in [-0.3, -0.25) is 4.79 Å². The van der Waals surface area contributed by atoms with Gasteiger partial charge >= 0.3 is 0 Å². The number of nitrogens with one attached hydrogen (secondary N) is 2. The van der Waals surface area contributed by atoms with Crippen LogP contribution in [0.15, 0.2) is 84.9 Å². The van der Waals surface area contributed by atoms with Crippen molar-refractivity contribution in [1.29, 1.82) is 0 Å². The number of para-hydroxylation sites is 2. The highest BCUT2D eigenvalue weighted by atomic mass is 16.1. The third-order valence-corrected chi connectivity index (χ3v) is 4.84. The lowest BCUT2D eigenvalue weighted by atomic mass is 10.2. The summed E-state index contributed by atoms with van der Waals surface area (Å²) in [6.07, 6.45) is 0.396. The van der Waals surface area contributed by atoms with Crippen molar-refractivity contribution in [2.75, 3.05) is 5.32 Å². The van der Waals surface area contributed by atoms with Gasteiger partial charge in [0.15, 0.2) is 0 Å². The summed E-state index contributed by atoms with van der Waals surface area (Å²) in [4.78, 5) is 17.1. The van der Waals surface area contributed by atoms with Crippen LogP contribution in [0.4, 0.5) is 5.95 Å². The molecule has 5 heteroatoms. The number of rotatable bonds is 8. The van der Waals surface area contributed by atoms with Gasteiger partial charge in [0.1, 0.15) is 0 Å². The minimum absolute atomic E-state index is 0.0284. The number of imidazole rings is 1. The highest BCUT2D eigenvalue weighted by Gasteiger charge is 2.12. The number of aromatic nitrogens is 2. The molecule has 1 heterocycles. The van der Waals surface area contributed by atoms with Gasteiger partial charge in [0, 0.05) is 26.1 Å². The molecule has 0 unspecified atom stereocenters. The summed E-state index contributed by atoms with van der Waals surface area (Å²) in [6.45, 7) is 1.80. The minimum Gasteiger partial charge on any atom is -0.352 e. The number of aryl methyl sites for hydroxylation is 1. The first-order valence-corrected chi connectivity index (χ1v) is 9.83. The smallest absolute Gasteiger partial charge is 0.222 e. The predicted octanol–water partition coefficient (Wildman–Crippen LogP) is 4.35. The fourth-order valence-corrected chi connectivity index (χ4v) is 3.31. The average molecular weight is 384 g/mol. The number of anilines is 1. The third kappa shape index (κ3) is 4.82. The lowest BCUT2D eigenvalue weighted by Gasteiger charge is -2.11. The van der Waals surface area contributed by atoms with Crippen LogP contribution in [0.2, 0.25) is 0 Å². The van der Waals surface area contributed by atoms with Crippen molar-refractivity contribution in [2.45, 2.75) is 26.1 Å². The van der Waals surface area contributed by atoms with Crippen LogP contribution >= 0.6 is 0 Å². The predicted molar refractivity (Wildman–Crippen MR) is 116 cm³/mol. The van der Waals surface area contributed by atoms with Crippen LogP contribution in [0.1, 0.15) is 17.5 Å². The number of amides is 1. The molecule has 4 aromatic rings. The second kappa shape index (κ2) is 9.06. The zero-order valence-corrected chi connectivity index (χ0v) is 16.2. The molecule has 0 saturated heterocycles. The van der Waals surface area contributed by atoms with E-state index in [9.17, 15) is 4.79 Å². The van der Waals surface area contributed by atoms with E-state index in [1.165, 1.54) is 5.56 Å². The monoisotopic (exact) mass is 384 g/mol. The highest BCUT2D eigenvalue weighted by molar-refractivity contribution is 5.80. The quantitative estimate of drug-likeness (QED) is 0.475. The van der Waals surface area contributed by atoms with Crippen molar-refractivity contribution in [1.82, 2.24) is 14.9 Å². The summed E-state index contributed by atoms with van der Waals surface area (Å²) in [6, 6.07) is 28.2. The fourth-order valence-electron chi connectivity index (χ4n) is 3.31. The van der Waals surface area contributed by atoms with Crippen molar-refractivity contribution in [3.63, 3.8) is 0 Å². The Hall–Kier alpha value is -3.60. The molecule has 0 saturated carbocycles. The van der Waals surface area contributed by atoms with E-state index in [0.29, 0.717) is 26.1 Å². The lowest BCUT2D eigenvalue weighted by molar-refractivity contribution is -0.121. The Bertz CT molecular complexity index is 1070. The SMILES string of the molecule is O=C(CCn1c(NCc2ccccc2)nc2ccccc21)NCc1ccccc1. The lowest BCUT2D eigenvalue weighted by Crippen LogP contribution is -2.24. The topological polar surface area (TPSA) is 59.0 Å². The van der Waals surface area contributed by atoms with Crippen LogP contribution in [0.3, 0.4) is 0 Å². The first kappa shape index (κ1) is 18.7. The summed E-state index contributed by atoms with van der Waals surface area (Å²) in [5, 5.41) is 6.41. The number of carbonyl (C=O) groups is 1. The molecule has 2 N–H and O–H groups in total. The zero-order valence-electron chi connectivity index (χ0n) is 16.2. The van der Waals surface area contributed by atoms with Crippen LogP contribution < -0.4 is 10.6 Å². The van der Waals surface area contributed by atoms with Crippen molar-refractivity contribution < 1.29 is 4.79 Å². The van der Waals surface area contributed by atoms with Crippen LogP contribution in [0, 0.1) is 0 Å². The Morgan fingerprint density at radius 3 is 2.14 bits per heavy atom. The van der Waals surface area contributed by atoms with Crippen LogP contribution in [0.25, 0.3) is 11.0 Å². The molecular weight excluding hydrogens is 360 g/mol. The molecule has 0 spiro atoms. The molecule has 0 bridgehead atoms. The van der Waals surface area contributed by atoms with Gasteiger partial charge in [0.25, 0.3) is 0 Å². The Morgan fingerprint density at radius 1 is 0.793 bits per heavy atom. The Kier molecular flexibility index (Phi) is 5.86. The fraction of sp³-hybridized carbons (Fsp3) is 0.167. The molecular formula is C24H24N4O. The summed E-state index contributed by atoms with van der Waals surface area (Å²) in [5.74, 6) is 0.812. The van der Waals surface area contributed by atoms with E-state index in [0.717, 1.165) is 22.5 Å². The van der Waals surface area contributed by atoms with Gasteiger partial charge in [-0.2, -0.15) is 0 Å². The molecule has 1 aromatic heterocycles. The summed E-state index contributed by atoms with van der Waals surface area (Å²) < 4.78 is 2.08. The average Bonchev–Trinajstić information content (AvgIpc) is 3.14. The van der Waals surface area contributed by atoms with Gasteiger partial charge in [-0.15, -0.1) is 0 Å². The molecule has 3 aromatic carbocycles. The second-order valence-electron chi connectivity index (χ2n) is 6.93. The van der Waals surface area contributed by atoms with E-state index < -0.39 is 0 Å². The standard InChI is InChI=1S/C24H24N4O/c29-23(25-17-19-9-3-1-4-10-19)15-16-28-22-14-8-7-13-21(22)27-24(28)26-18-20-11-5-2-6-12-20/h1-14H,15-18H2,(H,25,29)(H,26,27). The Labute approximate surface area is 170 Å². The first-order chi connectivity index (χ1) is 14.3. The van der Waals surface area contributed by atoms with Gasteiger partial charge in [-0.05, 0) is 23.3 Å². The number of nitrogens with zero attached hydrogens (tertiary/aromatic N) is 2. The Morgan fingerprint density at radius 2 is 1.41 bits per heavy atom. The number of hydrogen-bond donors (Lipinski definition) is 2. The van der Waals surface area contributed by atoms with E-state index in [-0.39, 0.29) is 5.91 Å². The van der Waals surface area contributed by atoms with Crippen molar-refractivity contribution in [3.05, 3.63) is 96.1 Å². The molecule has 0 radical (unpaired) electrons. The summed E-state index contributed by atoms with van der Waals surface area (Å²) >= 11 is 0. The van der Waals surface area contributed by atoms with Gasteiger partial charge in [-0.25, -0.2) is 4.98 Å². The van der Waals surface area contributed by atoms with E-state index in [1.54, 1.807) is 0 Å². The molecule has 0 atom stereocenters. The van der Waals surface area contributed by atoms with Gasteiger partial charge in [0.05, 0.1) is 11.0 Å². The number of benzene rings is 3. The number of fused-ring (bicyclic) bond motifs is 1. The molecule has 1 amide bonds. The van der Waals surface area contributed by atoms with Crippen molar-refractivity contribution in [3.8, 4) is 0 Å². The largest absolute Gasteiger partial charge is 0.352 e. The van der Waals surface area contributed by atoms with Crippen LogP contribution in [-0.2, 0) is 24.4 Å². The zero-order chi connectivity index (χ0) is 19.9. The molecule has 5 nitrogen and oxygen atoms in total. The molecule has 0 aliphatic heterocycles. The Balaban J connectivity index is 1.43. The van der Waals surface area contributed by atoms with Crippen LogP contribution in [0.5, 0.6) is 0 Å². The summed E-state index contributed by atoms with van der Waals surface area (Å²) in [7, 11) is 0. The van der Waals surface area contributed by atoms with Gasteiger partial charge in [-0.1, -0.05) is 72.8 Å². The van der Waals surface area contributed by atoms with E-state index in [2.05, 4.69) is 27.3 Å². The van der Waals surface area contributed by atoms with E-state index in [1.807, 2.05) is 72.8 Å². The van der Waals surface area contributed by atoms with Crippen molar-refractivity contribution >= 4 is 22.9 Å². The summed E-state index contributed by atoms with van der Waals surface area (Å²) in [5.41, 5.74) is 4.23. The number of hydrogen-bond acceptors (Lipinski definition) is 3. The molecule has 0 aliphatic rings. The number of carbonyl (C=O) groups excluding carboxylic acids is 1. The normalized spacial score (nSPS) is 10.8. The van der Waals surface area contributed by atoms with Crippen LogP contribution in [-0.4, -0.2) is 15.5 Å². The molecule has 4 rings (SSSR count). The third-order valence-electron chi connectivity index (χ3n) is 4.84. The minimum atomic E-state index is 0.0284. The maximum atomic E-state index is 12.4. The molecule has 29 heavy (non-hydrogen) atoms. The molecule has 0 fully saturated rings. The van der Waals surface area contributed by atoms with E-state index in [4.69, 9.17) is 4.98 Å². The molecule has 146 valence electrons. The van der Waals surface area contributed by atoms with E-state index >= 15 is 0 Å².